The van der Waals surface area contributed by atoms with E-state index in [1.807, 2.05) is 18.2 Å². The van der Waals surface area contributed by atoms with E-state index in [1.165, 1.54) is 0 Å². The van der Waals surface area contributed by atoms with Crippen LogP contribution in [-0.4, -0.2) is 33.4 Å². The number of carboxylic acids is 1. The predicted octanol–water partition coefficient (Wildman–Crippen LogP) is 0.905. The molecule has 1 N–H and O–H groups in total. The van der Waals surface area contributed by atoms with Gasteiger partial charge in [0.1, 0.15) is 0 Å². The van der Waals surface area contributed by atoms with Crippen molar-refractivity contribution < 1.29 is 14.7 Å². The van der Waals surface area contributed by atoms with Gasteiger partial charge < -0.3 is 10.0 Å². The van der Waals surface area contributed by atoms with Gasteiger partial charge in [0.2, 0.25) is 5.91 Å². The maximum atomic E-state index is 11.7. The molecule has 0 spiro atoms. The lowest BCUT2D eigenvalue weighted by molar-refractivity contribution is -0.147. The van der Waals surface area contributed by atoms with E-state index in [0.29, 0.717) is 19.4 Å². The van der Waals surface area contributed by atoms with Crippen molar-refractivity contribution in [2.75, 3.05) is 6.54 Å². The molecule has 0 unspecified atom stereocenters. The van der Waals surface area contributed by atoms with Gasteiger partial charge in [-0.2, -0.15) is 0 Å². The van der Waals surface area contributed by atoms with Gasteiger partial charge in [-0.15, -0.1) is 0 Å². The Morgan fingerprint density at radius 2 is 2.35 bits per heavy atom. The number of hydrogen-bond acceptors (Lipinski definition) is 3. The predicted molar refractivity (Wildman–Crippen MR) is 60.0 cm³/mol. The highest BCUT2D eigenvalue weighted by Crippen LogP contribution is 2.19. The molecule has 5 nitrogen and oxygen atoms in total. The molecule has 1 amide bonds. The number of aliphatic carboxylic acids is 1. The van der Waals surface area contributed by atoms with Crippen molar-refractivity contribution in [3.05, 3.63) is 30.1 Å². The van der Waals surface area contributed by atoms with Gasteiger partial charge in [0, 0.05) is 19.2 Å². The van der Waals surface area contributed by atoms with Crippen molar-refractivity contribution in [3.8, 4) is 0 Å². The summed E-state index contributed by atoms with van der Waals surface area (Å²) in [5, 5.41) is 8.95. The summed E-state index contributed by atoms with van der Waals surface area (Å²) in [5.74, 6) is -1.27. The molecule has 2 rings (SSSR count). The number of carboxylic acid groups (broad SMARTS) is 1. The number of hydrogen-bond donors (Lipinski definition) is 1. The van der Waals surface area contributed by atoms with Crippen LogP contribution in [0.3, 0.4) is 0 Å². The second-order valence-corrected chi connectivity index (χ2v) is 4.17. The smallest absolute Gasteiger partial charge is 0.308 e. The van der Waals surface area contributed by atoms with Gasteiger partial charge >= 0.3 is 5.97 Å². The summed E-state index contributed by atoms with van der Waals surface area (Å²) >= 11 is 0. The van der Waals surface area contributed by atoms with Gasteiger partial charge in [-0.3, -0.25) is 14.6 Å². The highest BCUT2D eigenvalue weighted by Gasteiger charge is 2.29. The largest absolute Gasteiger partial charge is 0.481 e. The summed E-state index contributed by atoms with van der Waals surface area (Å²) < 4.78 is 0. The van der Waals surface area contributed by atoms with Crippen LogP contribution in [0.2, 0.25) is 0 Å². The summed E-state index contributed by atoms with van der Waals surface area (Å²) in [7, 11) is 0. The third kappa shape index (κ3) is 2.81. The second kappa shape index (κ2) is 4.95. The van der Waals surface area contributed by atoms with Gasteiger partial charge in [0.15, 0.2) is 0 Å². The van der Waals surface area contributed by atoms with E-state index in [0.717, 1.165) is 5.69 Å². The van der Waals surface area contributed by atoms with Crippen LogP contribution in [0.5, 0.6) is 0 Å². The minimum atomic E-state index is -0.830. The van der Waals surface area contributed by atoms with Crippen LogP contribution in [0.15, 0.2) is 24.4 Å². The number of pyridine rings is 1. The monoisotopic (exact) mass is 234 g/mol. The molecule has 0 aliphatic carbocycles. The third-order valence-corrected chi connectivity index (χ3v) is 2.93. The van der Waals surface area contributed by atoms with Gasteiger partial charge in [0.05, 0.1) is 18.2 Å². The molecule has 1 aliphatic rings. The molecule has 90 valence electrons. The number of aromatic nitrogens is 1. The fraction of sp³-hybridized carbons (Fsp3) is 0.417. The number of amides is 1. The Morgan fingerprint density at radius 1 is 1.53 bits per heavy atom. The summed E-state index contributed by atoms with van der Waals surface area (Å²) in [4.78, 5) is 28.3. The Kier molecular flexibility index (Phi) is 3.37. The van der Waals surface area contributed by atoms with Gasteiger partial charge in [-0.25, -0.2) is 0 Å². The number of carbonyl (C=O) groups excluding carboxylic acids is 1. The zero-order valence-corrected chi connectivity index (χ0v) is 9.37. The molecule has 1 atom stereocenters. The first-order chi connectivity index (χ1) is 8.16. The molecule has 17 heavy (non-hydrogen) atoms. The lowest BCUT2D eigenvalue weighted by Gasteiger charge is -2.30. The second-order valence-electron chi connectivity index (χ2n) is 4.17. The van der Waals surface area contributed by atoms with Crippen molar-refractivity contribution >= 4 is 11.9 Å². The van der Waals surface area contributed by atoms with E-state index < -0.39 is 11.9 Å². The quantitative estimate of drug-likeness (QED) is 0.843. The summed E-state index contributed by atoms with van der Waals surface area (Å²) in [6.07, 6.45) is 2.41. The van der Waals surface area contributed by atoms with Crippen molar-refractivity contribution in [2.45, 2.75) is 19.4 Å². The van der Waals surface area contributed by atoms with Crippen molar-refractivity contribution in [1.82, 2.24) is 9.88 Å². The molecule has 5 heteroatoms. The zero-order valence-electron chi connectivity index (χ0n) is 9.37. The first-order valence-corrected chi connectivity index (χ1v) is 5.57. The van der Waals surface area contributed by atoms with E-state index in [2.05, 4.69) is 4.98 Å². The molecule has 0 radical (unpaired) electrons. The Bertz CT molecular complexity index is 419. The first-order valence-electron chi connectivity index (χ1n) is 5.57. The van der Waals surface area contributed by atoms with Crippen LogP contribution in [0.25, 0.3) is 0 Å². The summed E-state index contributed by atoms with van der Waals surface area (Å²) in [6, 6.07) is 5.49. The molecule has 0 bridgehead atoms. The fourth-order valence-corrected chi connectivity index (χ4v) is 1.96. The van der Waals surface area contributed by atoms with Crippen molar-refractivity contribution in [2.24, 2.45) is 5.92 Å². The average molecular weight is 234 g/mol. The van der Waals surface area contributed by atoms with Crippen LogP contribution < -0.4 is 0 Å². The molecule has 1 fully saturated rings. The Balaban J connectivity index is 2.04. The highest BCUT2D eigenvalue weighted by atomic mass is 16.4. The van der Waals surface area contributed by atoms with Gasteiger partial charge in [0.25, 0.3) is 0 Å². The maximum Gasteiger partial charge on any atom is 0.308 e. The van der Waals surface area contributed by atoms with E-state index >= 15 is 0 Å². The number of nitrogens with zero attached hydrogens (tertiary/aromatic N) is 2. The number of likely N-dealkylation sites (tertiary alicyclic amines) is 1. The van der Waals surface area contributed by atoms with E-state index in [4.69, 9.17) is 5.11 Å². The van der Waals surface area contributed by atoms with Crippen molar-refractivity contribution in [3.63, 3.8) is 0 Å². The van der Waals surface area contributed by atoms with Gasteiger partial charge in [-0.1, -0.05) is 6.07 Å². The summed E-state index contributed by atoms with van der Waals surface area (Å²) in [6.45, 7) is 0.675. The maximum absolute atomic E-state index is 11.7. The van der Waals surface area contributed by atoms with E-state index in [9.17, 15) is 9.59 Å². The molecule has 0 aromatic carbocycles. The molecule has 0 saturated carbocycles. The standard InChI is InChI=1S/C12H14N2O3/c15-11-5-4-9(12(16)17)7-14(11)8-10-3-1-2-6-13-10/h1-3,6,9H,4-5,7-8H2,(H,16,17)/t9-/m1/s1. The van der Waals surface area contributed by atoms with E-state index in [1.54, 1.807) is 11.1 Å². The molecule has 1 saturated heterocycles. The molecular weight excluding hydrogens is 220 g/mol. The third-order valence-electron chi connectivity index (χ3n) is 2.93. The lowest BCUT2D eigenvalue weighted by atomic mass is 9.97. The first kappa shape index (κ1) is 11.6. The SMILES string of the molecule is O=C(O)[C@@H]1CCC(=O)N(Cc2ccccn2)C1. The Labute approximate surface area is 99.1 Å². The topological polar surface area (TPSA) is 70.5 Å². The molecule has 1 aromatic rings. The van der Waals surface area contributed by atoms with Crippen LogP contribution >= 0.6 is 0 Å². The number of piperidine rings is 1. The van der Waals surface area contributed by atoms with Crippen molar-refractivity contribution in [1.29, 1.82) is 0 Å². The average Bonchev–Trinajstić information content (AvgIpc) is 2.33. The van der Waals surface area contributed by atoms with Gasteiger partial charge in [-0.05, 0) is 18.6 Å². The van der Waals surface area contributed by atoms with E-state index in [-0.39, 0.29) is 12.5 Å². The summed E-state index contributed by atoms with van der Waals surface area (Å²) in [5.41, 5.74) is 0.784. The Morgan fingerprint density at radius 3 is 3.00 bits per heavy atom. The minimum Gasteiger partial charge on any atom is -0.481 e. The lowest BCUT2D eigenvalue weighted by Crippen LogP contribution is -2.42. The highest BCUT2D eigenvalue weighted by molar-refractivity contribution is 5.80. The molecule has 1 aromatic heterocycles. The molecular formula is C12H14N2O3. The van der Waals surface area contributed by atoms with Crippen LogP contribution in [0.1, 0.15) is 18.5 Å². The Hall–Kier alpha value is -1.91. The van der Waals surface area contributed by atoms with Crippen LogP contribution in [0, 0.1) is 5.92 Å². The number of carbonyl (C=O) groups is 2. The molecule has 1 aliphatic heterocycles. The normalized spacial score (nSPS) is 20.4. The minimum absolute atomic E-state index is 0.00755. The van der Waals surface area contributed by atoms with Crippen LogP contribution in [0.4, 0.5) is 0 Å². The molecule has 2 heterocycles. The fourth-order valence-electron chi connectivity index (χ4n) is 1.96. The van der Waals surface area contributed by atoms with Crippen LogP contribution in [-0.2, 0) is 16.1 Å². The zero-order chi connectivity index (χ0) is 12.3. The number of rotatable bonds is 3.